The number of benzene rings is 1. The topological polar surface area (TPSA) is 96.2 Å². The molecule has 1 aromatic rings. The van der Waals surface area contributed by atoms with Crippen molar-refractivity contribution in [1.82, 2.24) is 0 Å². The molecule has 3 N–H and O–H groups in total. The summed E-state index contributed by atoms with van der Waals surface area (Å²) < 4.78 is 9.22. The SMILES string of the molecule is O=C1Oc2c(ccc(O)c2O)OC1O. The Hall–Kier alpha value is -1.95. The lowest BCUT2D eigenvalue weighted by atomic mass is 10.2. The largest absolute Gasteiger partial charge is 0.504 e. The summed E-state index contributed by atoms with van der Waals surface area (Å²) in [7, 11) is 0. The molecule has 0 aromatic heterocycles. The van der Waals surface area contributed by atoms with Gasteiger partial charge in [0.2, 0.25) is 11.5 Å². The van der Waals surface area contributed by atoms with Crippen LogP contribution in [0.2, 0.25) is 0 Å². The van der Waals surface area contributed by atoms with Gasteiger partial charge in [-0.25, -0.2) is 4.79 Å². The molecule has 0 amide bonds. The van der Waals surface area contributed by atoms with Gasteiger partial charge in [0.15, 0.2) is 11.5 Å². The van der Waals surface area contributed by atoms with Gasteiger partial charge in [0.05, 0.1) is 0 Å². The van der Waals surface area contributed by atoms with E-state index in [2.05, 4.69) is 9.47 Å². The van der Waals surface area contributed by atoms with Gasteiger partial charge < -0.3 is 24.8 Å². The molecule has 6 nitrogen and oxygen atoms in total. The fourth-order valence-electron chi connectivity index (χ4n) is 1.05. The summed E-state index contributed by atoms with van der Waals surface area (Å²) in [5.74, 6) is -2.37. The van der Waals surface area contributed by atoms with E-state index in [0.29, 0.717) is 0 Å². The lowest BCUT2D eigenvalue weighted by Crippen LogP contribution is -2.34. The number of carbonyl (C=O) groups excluding carboxylic acids is 1. The van der Waals surface area contributed by atoms with Crippen LogP contribution in [0.25, 0.3) is 0 Å². The van der Waals surface area contributed by atoms with Gasteiger partial charge in [0, 0.05) is 0 Å². The van der Waals surface area contributed by atoms with Crippen molar-refractivity contribution in [3.8, 4) is 23.0 Å². The molecule has 14 heavy (non-hydrogen) atoms. The summed E-state index contributed by atoms with van der Waals surface area (Å²) in [6.07, 6.45) is -1.70. The molecule has 0 saturated carbocycles. The molecule has 0 spiro atoms. The molecule has 1 atom stereocenters. The minimum atomic E-state index is -1.70. The van der Waals surface area contributed by atoms with Gasteiger partial charge in [-0.2, -0.15) is 0 Å². The van der Waals surface area contributed by atoms with E-state index in [4.69, 9.17) is 10.2 Å². The van der Waals surface area contributed by atoms with Gasteiger partial charge in [-0.1, -0.05) is 0 Å². The average Bonchev–Trinajstić information content (AvgIpc) is 2.15. The zero-order valence-electron chi connectivity index (χ0n) is 6.80. The Balaban J connectivity index is 2.52. The van der Waals surface area contributed by atoms with Crippen LogP contribution in [0, 0.1) is 0 Å². The van der Waals surface area contributed by atoms with Crippen molar-refractivity contribution in [2.24, 2.45) is 0 Å². The van der Waals surface area contributed by atoms with Crippen LogP contribution < -0.4 is 9.47 Å². The molecular weight excluding hydrogens is 192 g/mol. The molecule has 0 fully saturated rings. The smallest absolute Gasteiger partial charge is 0.381 e. The van der Waals surface area contributed by atoms with Gasteiger partial charge in [0.1, 0.15) is 0 Å². The van der Waals surface area contributed by atoms with Crippen LogP contribution in [-0.2, 0) is 4.79 Å². The minimum Gasteiger partial charge on any atom is -0.504 e. The lowest BCUT2D eigenvalue weighted by Gasteiger charge is -2.21. The Morgan fingerprint density at radius 3 is 2.71 bits per heavy atom. The van der Waals surface area contributed by atoms with Crippen LogP contribution in [0.4, 0.5) is 0 Å². The molecule has 1 unspecified atom stereocenters. The summed E-state index contributed by atoms with van der Waals surface area (Å²) in [5.41, 5.74) is 0. The summed E-state index contributed by atoms with van der Waals surface area (Å²) in [6, 6.07) is 2.42. The monoisotopic (exact) mass is 198 g/mol. The number of esters is 1. The number of aromatic hydroxyl groups is 2. The molecule has 1 heterocycles. The van der Waals surface area contributed by atoms with Crippen LogP contribution >= 0.6 is 0 Å². The second-order valence-corrected chi connectivity index (χ2v) is 2.65. The third-order valence-corrected chi connectivity index (χ3v) is 1.72. The minimum absolute atomic E-state index is 0.00704. The van der Waals surface area contributed by atoms with Crippen molar-refractivity contribution < 1.29 is 29.6 Å². The first kappa shape index (κ1) is 8.64. The first-order valence-corrected chi connectivity index (χ1v) is 3.71. The van der Waals surface area contributed by atoms with E-state index in [9.17, 15) is 9.90 Å². The fourth-order valence-corrected chi connectivity index (χ4v) is 1.05. The van der Waals surface area contributed by atoms with Gasteiger partial charge in [-0.3, -0.25) is 0 Å². The van der Waals surface area contributed by atoms with E-state index >= 15 is 0 Å². The van der Waals surface area contributed by atoms with E-state index < -0.39 is 23.8 Å². The van der Waals surface area contributed by atoms with Crippen molar-refractivity contribution in [3.05, 3.63) is 12.1 Å². The highest BCUT2D eigenvalue weighted by Gasteiger charge is 2.31. The van der Waals surface area contributed by atoms with Gasteiger partial charge in [-0.15, -0.1) is 0 Å². The Morgan fingerprint density at radius 2 is 2.00 bits per heavy atom. The standard InChI is InChI=1S/C8H6O6/c9-3-1-2-4-6(5(3)10)14-8(12)7(11)13-4/h1-2,7,9-11H. The highest BCUT2D eigenvalue weighted by atomic mass is 16.7. The Morgan fingerprint density at radius 1 is 1.29 bits per heavy atom. The summed E-state index contributed by atoms with van der Waals surface area (Å²) in [5, 5.41) is 27.3. The van der Waals surface area contributed by atoms with Crippen molar-refractivity contribution in [1.29, 1.82) is 0 Å². The molecule has 1 aliphatic heterocycles. The highest BCUT2D eigenvalue weighted by molar-refractivity contribution is 5.80. The number of hydrogen-bond donors (Lipinski definition) is 3. The molecule has 0 bridgehead atoms. The second kappa shape index (κ2) is 2.78. The van der Waals surface area contributed by atoms with E-state index in [0.717, 1.165) is 6.07 Å². The van der Waals surface area contributed by atoms with E-state index in [1.54, 1.807) is 0 Å². The molecule has 0 aliphatic carbocycles. The number of phenols is 2. The normalized spacial score (nSPS) is 19.5. The summed E-state index contributed by atoms with van der Waals surface area (Å²) in [6.45, 7) is 0. The van der Waals surface area contributed by atoms with Gasteiger partial charge in [-0.05, 0) is 12.1 Å². The molecular formula is C8H6O6. The number of ether oxygens (including phenoxy) is 2. The number of fused-ring (bicyclic) bond motifs is 1. The maximum absolute atomic E-state index is 10.8. The maximum atomic E-state index is 10.8. The number of hydrogen-bond acceptors (Lipinski definition) is 6. The Kier molecular flexibility index (Phi) is 1.71. The van der Waals surface area contributed by atoms with Crippen molar-refractivity contribution in [2.75, 3.05) is 0 Å². The van der Waals surface area contributed by atoms with E-state index in [1.165, 1.54) is 6.07 Å². The molecule has 2 rings (SSSR count). The number of carbonyl (C=O) groups is 1. The number of aliphatic hydroxyl groups is 1. The van der Waals surface area contributed by atoms with Crippen LogP contribution in [0.15, 0.2) is 12.1 Å². The maximum Gasteiger partial charge on any atom is 0.381 e. The Bertz CT molecular complexity index is 399. The molecule has 6 heteroatoms. The van der Waals surface area contributed by atoms with Crippen LogP contribution in [0.1, 0.15) is 0 Å². The molecule has 74 valence electrons. The van der Waals surface area contributed by atoms with Gasteiger partial charge in [0.25, 0.3) is 6.29 Å². The zero-order chi connectivity index (χ0) is 10.3. The summed E-state index contributed by atoms with van der Waals surface area (Å²) >= 11 is 0. The van der Waals surface area contributed by atoms with E-state index in [1.807, 2.05) is 0 Å². The molecule has 1 aromatic carbocycles. The third kappa shape index (κ3) is 1.12. The average molecular weight is 198 g/mol. The lowest BCUT2D eigenvalue weighted by molar-refractivity contribution is -0.163. The van der Waals surface area contributed by atoms with Crippen molar-refractivity contribution >= 4 is 5.97 Å². The third-order valence-electron chi connectivity index (χ3n) is 1.72. The number of rotatable bonds is 0. The first-order valence-electron chi connectivity index (χ1n) is 3.71. The second-order valence-electron chi connectivity index (χ2n) is 2.65. The first-order chi connectivity index (χ1) is 6.59. The van der Waals surface area contributed by atoms with Crippen molar-refractivity contribution in [2.45, 2.75) is 6.29 Å². The number of aliphatic hydroxyl groups excluding tert-OH is 1. The predicted octanol–water partition coefficient (Wildman–Crippen LogP) is -0.286. The van der Waals surface area contributed by atoms with Crippen LogP contribution in [-0.4, -0.2) is 27.6 Å². The van der Waals surface area contributed by atoms with Crippen LogP contribution in [0.5, 0.6) is 23.0 Å². The molecule has 0 saturated heterocycles. The molecule has 1 aliphatic rings. The van der Waals surface area contributed by atoms with Crippen LogP contribution in [0.3, 0.4) is 0 Å². The Labute approximate surface area is 77.9 Å². The zero-order valence-corrected chi connectivity index (χ0v) is 6.80. The van der Waals surface area contributed by atoms with Gasteiger partial charge >= 0.3 is 5.97 Å². The quantitative estimate of drug-likeness (QED) is 0.301. The summed E-state index contributed by atoms with van der Waals surface area (Å²) in [4.78, 5) is 10.8. The molecule has 0 radical (unpaired) electrons. The highest BCUT2D eigenvalue weighted by Crippen LogP contribution is 2.44. The van der Waals surface area contributed by atoms with Crippen molar-refractivity contribution in [3.63, 3.8) is 0 Å². The van der Waals surface area contributed by atoms with E-state index in [-0.39, 0.29) is 11.5 Å². The predicted molar refractivity (Wildman–Crippen MR) is 42.0 cm³/mol. The fraction of sp³-hybridized carbons (Fsp3) is 0.125. The number of phenolic OH excluding ortho intramolecular Hbond substituents is 2.